The van der Waals surface area contributed by atoms with E-state index in [1.807, 2.05) is 36.4 Å². The summed E-state index contributed by atoms with van der Waals surface area (Å²) in [6, 6.07) is 22.9. The molecule has 4 heteroatoms. The molecule has 0 spiro atoms. The Kier molecular flexibility index (Phi) is 7.83. The molecule has 0 radical (unpaired) electrons. The minimum absolute atomic E-state index is 0. The van der Waals surface area contributed by atoms with Gasteiger partial charge in [-0.1, -0.05) is 72.8 Å². The Balaban J connectivity index is 0.00000150. The van der Waals surface area contributed by atoms with Crippen molar-refractivity contribution in [3.63, 3.8) is 0 Å². The Morgan fingerprint density at radius 1 is 0.793 bits per heavy atom. The van der Waals surface area contributed by atoms with Gasteiger partial charge in [0.15, 0.2) is 0 Å². The van der Waals surface area contributed by atoms with Crippen LogP contribution in [-0.4, -0.2) is 9.97 Å². The lowest BCUT2D eigenvalue weighted by Gasteiger charge is -2.14. The fraction of sp³-hybridized carbons (Fsp3) is 0.0800. The van der Waals surface area contributed by atoms with E-state index in [2.05, 4.69) is 60.6 Å². The first kappa shape index (κ1) is 22.5. The number of nitrogens with zero attached hydrogens (tertiary/aromatic N) is 1. The summed E-state index contributed by atoms with van der Waals surface area (Å²) in [5.74, 6) is 0.892. The molecule has 4 aromatic rings. The van der Waals surface area contributed by atoms with Gasteiger partial charge in [0.2, 0.25) is 0 Å². The Hall–Kier alpha value is -2.81. The normalized spacial score (nSPS) is 10.1. The van der Waals surface area contributed by atoms with Crippen molar-refractivity contribution in [2.45, 2.75) is 12.8 Å². The third-order valence-electron chi connectivity index (χ3n) is 4.80. The second kappa shape index (κ2) is 10.1. The van der Waals surface area contributed by atoms with Gasteiger partial charge in [-0.15, -0.1) is 38.0 Å². The summed E-state index contributed by atoms with van der Waals surface area (Å²) < 4.78 is 0. The number of nitrogens with one attached hydrogen (secondary N) is 1. The number of rotatable bonds is 6. The first-order valence-corrected chi connectivity index (χ1v) is 9.19. The summed E-state index contributed by atoms with van der Waals surface area (Å²) in [5, 5.41) is 0. The van der Waals surface area contributed by atoms with Crippen molar-refractivity contribution in [3.8, 4) is 22.5 Å². The molecule has 0 unspecified atom stereocenters. The van der Waals surface area contributed by atoms with Crippen molar-refractivity contribution >= 4 is 35.8 Å². The van der Waals surface area contributed by atoms with E-state index in [4.69, 9.17) is 4.98 Å². The van der Waals surface area contributed by atoms with E-state index in [9.17, 15) is 0 Å². The molecule has 0 fully saturated rings. The van der Waals surface area contributed by atoms with Gasteiger partial charge in [-0.3, -0.25) is 0 Å². The van der Waals surface area contributed by atoms with Crippen LogP contribution in [0.5, 0.6) is 0 Å². The fourth-order valence-electron chi connectivity index (χ4n) is 3.62. The highest BCUT2D eigenvalue weighted by atomic mass is 35.5. The molecule has 1 heterocycles. The van der Waals surface area contributed by atoms with Crippen LogP contribution in [0.1, 0.15) is 11.1 Å². The predicted molar refractivity (Wildman–Crippen MR) is 129 cm³/mol. The largest absolute Gasteiger partial charge is 0.337 e. The lowest BCUT2D eigenvalue weighted by molar-refractivity contribution is 1.16. The van der Waals surface area contributed by atoms with Crippen molar-refractivity contribution in [3.05, 3.63) is 103 Å². The SMILES string of the molecule is C=CCc1cc2nc(-c3ccccc3)[nH]c2c(-c2ccccc2)c1CC=C.Cl.Cl. The van der Waals surface area contributed by atoms with Crippen LogP contribution in [0.25, 0.3) is 33.5 Å². The van der Waals surface area contributed by atoms with Crippen LogP contribution in [0.3, 0.4) is 0 Å². The van der Waals surface area contributed by atoms with Gasteiger partial charge < -0.3 is 4.98 Å². The second-order valence-electron chi connectivity index (χ2n) is 6.59. The van der Waals surface area contributed by atoms with Crippen molar-refractivity contribution < 1.29 is 0 Å². The molecular formula is C25H24Cl2N2. The lowest BCUT2D eigenvalue weighted by Crippen LogP contribution is -1.97. The number of halogens is 2. The first-order valence-electron chi connectivity index (χ1n) is 9.19. The highest BCUT2D eigenvalue weighted by Crippen LogP contribution is 2.36. The molecule has 0 saturated heterocycles. The van der Waals surface area contributed by atoms with Crippen LogP contribution in [-0.2, 0) is 12.8 Å². The fourth-order valence-corrected chi connectivity index (χ4v) is 3.62. The highest BCUT2D eigenvalue weighted by Gasteiger charge is 2.17. The lowest BCUT2D eigenvalue weighted by atomic mass is 9.90. The molecule has 3 aromatic carbocycles. The molecule has 0 bridgehead atoms. The molecule has 4 rings (SSSR count). The summed E-state index contributed by atoms with van der Waals surface area (Å²) in [6.45, 7) is 7.91. The van der Waals surface area contributed by atoms with Crippen LogP contribution in [0, 0.1) is 0 Å². The van der Waals surface area contributed by atoms with Gasteiger partial charge in [-0.2, -0.15) is 0 Å². The van der Waals surface area contributed by atoms with Crippen LogP contribution < -0.4 is 0 Å². The third kappa shape index (κ3) is 4.45. The van der Waals surface area contributed by atoms with E-state index >= 15 is 0 Å². The zero-order chi connectivity index (χ0) is 18.6. The van der Waals surface area contributed by atoms with Crippen molar-refractivity contribution in [1.29, 1.82) is 0 Å². The zero-order valence-electron chi connectivity index (χ0n) is 16.1. The van der Waals surface area contributed by atoms with E-state index in [1.165, 1.54) is 22.3 Å². The summed E-state index contributed by atoms with van der Waals surface area (Å²) in [5.41, 5.74) is 8.08. The Morgan fingerprint density at radius 3 is 1.97 bits per heavy atom. The van der Waals surface area contributed by atoms with Crippen molar-refractivity contribution in [2.24, 2.45) is 0 Å². The second-order valence-corrected chi connectivity index (χ2v) is 6.59. The number of allylic oxidation sites excluding steroid dienone is 2. The molecule has 0 amide bonds. The molecule has 148 valence electrons. The maximum absolute atomic E-state index is 4.90. The van der Waals surface area contributed by atoms with Gasteiger partial charge in [0.05, 0.1) is 11.0 Å². The Morgan fingerprint density at radius 2 is 1.38 bits per heavy atom. The first-order chi connectivity index (χ1) is 13.3. The smallest absolute Gasteiger partial charge is 0.138 e. The number of hydrogen-bond acceptors (Lipinski definition) is 1. The minimum Gasteiger partial charge on any atom is -0.337 e. The van der Waals surface area contributed by atoms with Gasteiger partial charge >= 0.3 is 0 Å². The molecule has 0 saturated carbocycles. The average molecular weight is 423 g/mol. The maximum Gasteiger partial charge on any atom is 0.138 e. The average Bonchev–Trinajstić information content (AvgIpc) is 3.14. The van der Waals surface area contributed by atoms with Crippen molar-refractivity contribution in [2.75, 3.05) is 0 Å². The number of aromatic amines is 1. The van der Waals surface area contributed by atoms with Crippen LogP contribution in [0.15, 0.2) is 92.0 Å². The minimum atomic E-state index is 0. The number of imidazole rings is 1. The summed E-state index contributed by atoms with van der Waals surface area (Å²) in [7, 11) is 0. The van der Waals surface area contributed by atoms with E-state index in [0.717, 1.165) is 35.3 Å². The highest BCUT2D eigenvalue weighted by molar-refractivity contribution is 5.96. The molecule has 1 N–H and O–H groups in total. The van der Waals surface area contributed by atoms with Crippen LogP contribution >= 0.6 is 24.8 Å². The number of fused-ring (bicyclic) bond motifs is 1. The molecule has 0 aliphatic heterocycles. The summed E-state index contributed by atoms with van der Waals surface area (Å²) >= 11 is 0. The van der Waals surface area contributed by atoms with Gasteiger partial charge in [0.25, 0.3) is 0 Å². The molecule has 0 aliphatic carbocycles. The summed E-state index contributed by atoms with van der Waals surface area (Å²) in [6.07, 6.45) is 5.54. The molecular weight excluding hydrogens is 399 g/mol. The third-order valence-corrected chi connectivity index (χ3v) is 4.80. The summed E-state index contributed by atoms with van der Waals surface area (Å²) in [4.78, 5) is 8.47. The van der Waals surface area contributed by atoms with Gasteiger partial charge in [-0.05, 0) is 35.6 Å². The standard InChI is InChI=1S/C25H22N2.2ClH/c1-3-11-20-17-22-24(27-25(26-22)19-15-9-6-10-16-19)23(21(20)12-4-2)18-13-7-5-8-14-18;;/h3-10,13-17H,1-2,11-12H2,(H,26,27);2*1H. The van der Waals surface area contributed by atoms with E-state index in [-0.39, 0.29) is 24.8 Å². The van der Waals surface area contributed by atoms with E-state index in [0.29, 0.717) is 0 Å². The molecule has 1 aromatic heterocycles. The van der Waals surface area contributed by atoms with E-state index < -0.39 is 0 Å². The van der Waals surface area contributed by atoms with E-state index in [1.54, 1.807) is 0 Å². The number of aromatic nitrogens is 2. The maximum atomic E-state index is 4.90. The quantitative estimate of drug-likeness (QED) is 0.327. The number of H-pyrrole nitrogens is 1. The molecule has 2 nitrogen and oxygen atoms in total. The molecule has 29 heavy (non-hydrogen) atoms. The van der Waals surface area contributed by atoms with Gasteiger partial charge in [0, 0.05) is 11.1 Å². The van der Waals surface area contributed by atoms with Crippen LogP contribution in [0.2, 0.25) is 0 Å². The van der Waals surface area contributed by atoms with Gasteiger partial charge in [0.1, 0.15) is 5.82 Å². The van der Waals surface area contributed by atoms with Crippen molar-refractivity contribution in [1.82, 2.24) is 9.97 Å². The van der Waals surface area contributed by atoms with Gasteiger partial charge in [-0.25, -0.2) is 4.98 Å². The molecule has 0 atom stereocenters. The Bertz CT molecular complexity index is 1100. The number of benzene rings is 3. The zero-order valence-corrected chi connectivity index (χ0v) is 17.7. The monoisotopic (exact) mass is 422 g/mol. The predicted octanol–water partition coefficient (Wildman–Crippen LogP) is 7.20. The number of hydrogen-bond donors (Lipinski definition) is 1. The Labute approximate surface area is 184 Å². The van der Waals surface area contributed by atoms with Crippen LogP contribution in [0.4, 0.5) is 0 Å². The topological polar surface area (TPSA) is 28.7 Å². The molecule has 0 aliphatic rings.